The topological polar surface area (TPSA) is 147 Å². The summed E-state index contributed by atoms with van der Waals surface area (Å²) < 4.78 is 29.3. The second-order valence-electron chi connectivity index (χ2n) is 11.0. The normalized spacial score (nSPS) is 14.2. The van der Waals surface area contributed by atoms with Crippen LogP contribution in [0.2, 0.25) is 0 Å². The van der Waals surface area contributed by atoms with Gasteiger partial charge in [0, 0.05) is 38.9 Å². The molecular weight excluding hydrogens is 565 g/mol. The second kappa shape index (κ2) is 12.9. The third kappa shape index (κ3) is 6.03. The summed E-state index contributed by atoms with van der Waals surface area (Å²) >= 11 is 0. The lowest BCUT2D eigenvalue weighted by molar-refractivity contribution is 0.0378. The Hall–Kier alpha value is -4.68. The number of amides is 1. The van der Waals surface area contributed by atoms with Gasteiger partial charge in [0.05, 0.1) is 24.3 Å². The summed E-state index contributed by atoms with van der Waals surface area (Å²) in [5, 5.41) is 17.9. The molecule has 0 unspecified atom stereocenters. The standard InChI is InChI=1S/C32H36FN7O4/c33-24-18-22-28-30(27(24)36-10-5-11-39-12-14-43-15-13-39)44-26-17-21-7-2-1-6-20(21)16-25(26)40(28)19-23(29(22)41)31(42)37-8-3-4-9-38-32(34)35/h1-2,6-7,16-19,36H,3-5,8-15H2,(H,37,42)(H4,34,35,38). The van der Waals surface area contributed by atoms with E-state index in [1.54, 1.807) is 4.57 Å². The molecule has 1 amide bonds. The van der Waals surface area contributed by atoms with Gasteiger partial charge >= 0.3 is 0 Å². The Morgan fingerprint density at radius 2 is 1.73 bits per heavy atom. The van der Waals surface area contributed by atoms with Crippen molar-refractivity contribution in [3.63, 3.8) is 0 Å². The van der Waals surface area contributed by atoms with Gasteiger partial charge in [-0.1, -0.05) is 24.3 Å². The largest absolute Gasteiger partial charge is 0.451 e. The molecule has 2 aliphatic rings. The molecule has 0 aliphatic carbocycles. The van der Waals surface area contributed by atoms with Crippen molar-refractivity contribution < 1.29 is 18.7 Å². The first-order valence-electron chi connectivity index (χ1n) is 14.9. The first-order chi connectivity index (χ1) is 21.4. The summed E-state index contributed by atoms with van der Waals surface area (Å²) in [7, 11) is 0. The zero-order valence-electron chi connectivity index (χ0n) is 24.4. The van der Waals surface area contributed by atoms with Crippen molar-refractivity contribution in [2.75, 3.05) is 57.8 Å². The Balaban J connectivity index is 1.34. The molecule has 4 aromatic rings. The molecular formula is C32H36FN7O4. The number of aromatic nitrogens is 1. The summed E-state index contributed by atoms with van der Waals surface area (Å²) in [5.74, 6) is -0.561. The molecule has 12 heteroatoms. The minimum Gasteiger partial charge on any atom is -0.451 e. The fourth-order valence-electron chi connectivity index (χ4n) is 5.74. The number of ether oxygens (including phenoxy) is 2. The average Bonchev–Trinajstić information content (AvgIpc) is 3.02. The zero-order chi connectivity index (χ0) is 30.6. The number of anilines is 1. The van der Waals surface area contributed by atoms with E-state index >= 15 is 4.39 Å². The summed E-state index contributed by atoms with van der Waals surface area (Å²) in [6.07, 6.45) is 3.61. The summed E-state index contributed by atoms with van der Waals surface area (Å²) in [6, 6.07) is 12.8. The number of hydrogen-bond acceptors (Lipinski definition) is 7. The van der Waals surface area contributed by atoms with E-state index < -0.39 is 17.2 Å². The number of morpholine rings is 1. The number of benzene rings is 3. The lowest BCUT2D eigenvalue weighted by Gasteiger charge is -2.28. The molecule has 1 saturated heterocycles. The fraction of sp³-hybridized carbons (Fsp3) is 0.344. The van der Waals surface area contributed by atoms with E-state index in [2.05, 4.69) is 20.9 Å². The number of carbonyl (C=O) groups excluding carboxylic acids is 1. The molecule has 0 saturated carbocycles. The van der Waals surface area contributed by atoms with Gasteiger partial charge < -0.3 is 35.7 Å². The molecule has 3 aromatic carbocycles. The van der Waals surface area contributed by atoms with Crippen LogP contribution in [0, 0.1) is 11.2 Å². The SMILES string of the molecule is N=C(N)NCCCCNC(=O)c1cn2c3c(c(NCCCN4CCOCC4)c(F)cc3c1=O)Oc1cc3ccccc3cc1-2. The van der Waals surface area contributed by atoms with Crippen molar-refractivity contribution in [3.05, 3.63) is 70.3 Å². The highest BCUT2D eigenvalue weighted by Crippen LogP contribution is 2.46. The van der Waals surface area contributed by atoms with Crippen LogP contribution in [0.1, 0.15) is 29.6 Å². The molecule has 0 atom stereocenters. The van der Waals surface area contributed by atoms with Crippen LogP contribution in [0.4, 0.5) is 10.1 Å². The van der Waals surface area contributed by atoms with E-state index in [0.29, 0.717) is 49.4 Å². The number of nitrogens with one attached hydrogen (secondary N) is 4. The molecule has 0 bridgehead atoms. The minimum absolute atomic E-state index is 0.0634. The van der Waals surface area contributed by atoms with Gasteiger partial charge in [-0.05, 0) is 54.8 Å². The number of hydrogen-bond donors (Lipinski definition) is 5. The molecule has 1 fully saturated rings. The Kier molecular flexibility index (Phi) is 8.62. The van der Waals surface area contributed by atoms with Gasteiger partial charge in [-0.15, -0.1) is 0 Å². The summed E-state index contributed by atoms with van der Waals surface area (Å²) in [4.78, 5) is 29.2. The number of unbranched alkanes of at least 4 members (excludes halogenated alkanes) is 1. The predicted molar refractivity (Wildman–Crippen MR) is 169 cm³/mol. The van der Waals surface area contributed by atoms with Crippen molar-refractivity contribution in [3.8, 4) is 17.2 Å². The van der Waals surface area contributed by atoms with Gasteiger partial charge in [0.25, 0.3) is 5.91 Å². The van der Waals surface area contributed by atoms with Crippen LogP contribution in [-0.4, -0.2) is 73.8 Å². The molecule has 2 aliphatic heterocycles. The van der Waals surface area contributed by atoms with Gasteiger partial charge in [-0.25, -0.2) is 4.39 Å². The average molecular weight is 602 g/mol. The fourth-order valence-corrected chi connectivity index (χ4v) is 5.74. The molecule has 44 heavy (non-hydrogen) atoms. The van der Waals surface area contributed by atoms with E-state index in [9.17, 15) is 9.59 Å². The van der Waals surface area contributed by atoms with Crippen LogP contribution in [0.15, 0.2) is 53.5 Å². The second-order valence-corrected chi connectivity index (χ2v) is 11.0. The zero-order valence-corrected chi connectivity index (χ0v) is 24.4. The Labute approximate surface area is 253 Å². The van der Waals surface area contributed by atoms with Gasteiger partial charge in [-0.2, -0.15) is 0 Å². The number of pyridine rings is 1. The van der Waals surface area contributed by atoms with E-state index in [1.807, 2.05) is 36.4 Å². The maximum Gasteiger partial charge on any atom is 0.256 e. The third-order valence-corrected chi connectivity index (χ3v) is 8.00. The Morgan fingerprint density at radius 1 is 1.00 bits per heavy atom. The number of halogens is 1. The number of nitrogens with two attached hydrogens (primary N) is 1. The van der Waals surface area contributed by atoms with E-state index in [-0.39, 0.29) is 28.3 Å². The van der Waals surface area contributed by atoms with Gasteiger partial charge in [0.2, 0.25) is 5.43 Å². The van der Waals surface area contributed by atoms with Crippen LogP contribution in [0.3, 0.4) is 0 Å². The lowest BCUT2D eigenvalue weighted by Crippen LogP contribution is -2.37. The van der Waals surface area contributed by atoms with Crippen LogP contribution in [-0.2, 0) is 4.74 Å². The Morgan fingerprint density at radius 3 is 2.48 bits per heavy atom. The molecule has 1 aromatic heterocycles. The van der Waals surface area contributed by atoms with Gasteiger partial charge in [0.1, 0.15) is 16.8 Å². The molecule has 11 nitrogen and oxygen atoms in total. The smallest absolute Gasteiger partial charge is 0.256 e. The highest BCUT2D eigenvalue weighted by molar-refractivity contribution is 6.02. The number of rotatable bonds is 11. The van der Waals surface area contributed by atoms with Crippen LogP contribution in [0.5, 0.6) is 11.5 Å². The first kappa shape index (κ1) is 29.4. The molecule has 0 spiro atoms. The molecule has 6 rings (SSSR count). The third-order valence-electron chi connectivity index (χ3n) is 8.00. The predicted octanol–water partition coefficient (Wildman–Crippen LogP) is 3.52. The van der Waals surface area contributed by atoms with Crippen LogP contribution >= 0.6 is 0 Å². The van der Waals surface area contributed by atoms with Gasteiger partial charge in [0.15, 0.2) is 23.3 Å². The maximum atomic E-state index is 15.8. The summed E-state index contributed by atoms with van der Waals surface area (Å²) in [5.41, 5.74) is 5.88. The number of nitrogens with zero attached hydrogens (tertiary/aromatic N) is 2. The van der Waals surface area contributed by atoms with E-state index in [4.69, 9.17) is 20.6 Å². The number of carbonyl (C=O) groups is 1. The Bertz CT molecular complexity index is 1780. The first-order valence-corrected chi connectivity index (χ1v) is 14.9. The molecule has 3 heterocycles. The lowest BCUT2D eigenvalue weighted by atomic mass is 10.0. The quantitative estimate of drug-likeness (QED) is 0.0878. The minimum atomic E-state index is -0.623. The van der Waals surface area contributed by atoms with Crippen molar-refractivity contribution in [1.29, 1.82) is 5.41 Å². The number of guanidine groups is 1. The number of fused-ring (bicyclic) bond motifs is 3. The van der Waals surface area contributed by atoms with E-state index in [1.165, 1.54) is 12.3 Å². The maximum absolute atomic E-state index is 15.8. The van der Waals surface area contributed by atoms with Gasteiger partial charge in [-0.3, -0.25) is 19.9 Å². The monoisotopic (exact) mass is 601 g/mol. The molecule has 230 valence electrons. The molecule has 0 radical (unpaired) electrons. The van der Waals surface area contributed by atoms with Crippen molar-refractivity contribution in [2.24, 2.45) is 5.73 Å². The van der Waals surface area contributed by atoms with Crippen LogP contribution in [0.25, 0.3) is 27.4 Å². The van der Waals surface area contributed by atoms with E-state index in [0.717, 1.165) is 50.0 Å². The molecule has 6 N–H and O–H groups in total. The van der Waals surface area contributed by atoms with Crippen LogP contribution < -0.4 is 31.8 Å². The van der Waals surface area contributed by atoms with Crippen molar-refractivity contribution in [1.82, 2.24) is 20.1 Å². The summed E-state index contributed by atoms with van der Waals surface area (Å²) in [6.45, 7) is 5.38. The van der Waals surface area contributed by atoms with Crippen molar-refractivity contribution >= 4 is 39.2 Å². The highest BCUT2D eigenvalue weighted by Gasteiger charge is 2.29. The highest BCUT2D eigenvalue weighted by atomic mass is 19.1. The van der Waals surface area contributed by atoms with Crippen molar-refractivity contribution in [2.45, 2.75) is 19.3 Å².